The standard InChI is InChI=1S/C16H19NO3/c18-15(17-10-12-3-7-14(17)9-12)8-4-11-1-5-13(6-2-11)16(19)20/h1-2,5-6,12,14H,3-4,7-10H2,(H,19,20)/t12-,14-/m0/s1. The number of aryl methyl sites for hydroxylation is 1. The first-order valence-electron chi connectivity index (χ1n) is 7.25. The summed E-state index contributed by atoms with van der Waals surface area (Å²) in [5.74, 6) is 0.0685. The summed E-state index contributed by atoms with van der Waals surface area (Å²) in [4.78, 5) is 25.0. The van der Waals surface area contributed by atoms with E-state index in [2.05, 4.69) is 4.90 Å². The van der Waals surface area contributed by atoms with Gasteiger partial charge in [0.15, 0.2) is 0 Å². The van der Waals surface area contributed by atoms with Gasteiger partial charge in [0.1, 0.15) is 0 Å². The van der Waals surface area contributed by atoms with Gasteiger partial charge in [0.05, 0.1) is 5.56 Å². The van der Waals surface area contributed by atoms with E-state index in [0.29, 0.717) is 18.9 Å². The maximum Gasteiger partial charge on any atom is 0.335 e. The molecule has 1 aliphatic heterocycles. The number of nitrogens with zero attached hydrogens (tertiary/aromatic N) is 1. The number of likely N-dealkylation sites (tertiary alicyclic amines) is 1. The molecule has 106 valence electrons. The number of carboxylic acids is 1. The van der Waals surface area contributed by atoms with Crippen molar-refractivity contribution in [3.05, 3.63) is 35.4 Å². The maximum absolute atomic E-state index is 12.2. The monoisotopic (exact) mass is 273 g/mol. The molecule has 1 aliphatic carbocycles. The number of hydrogen-bond donors (Lipinski definition) is 1. The van der Waals surface area contributed by atoms with Gasteiger partial charge in [0.2, 0.25) is 5.91 Å². The zero-order chi connectivity index (χ0) is 14.1. The van der Waals surface area contributed by atoms with Gasteiger partial charge in [0.25, 0.3) is 0 Å². The second kappa shape index (κ2) is 5.27. The van der Waals surface area contributed by atoms with Gasteiger partial charge < -0.3 is 10.0 Å². The molecule has 1 amide bonds. The molecule has 0 aromatic heterocycles. The normalized spacial score (nSPS) is 24.1. The van der Waals surface area contributed by atoms with Crippen LogP contribution in [0.1, 0.15) is 41.6 Å². The van der Waals surface area contributed by atoms with Crippen LogP contribution in [0.4, 0.5) is 0 Å². The first kappa shape index (κ1) is 13.2. The summed E-state index contributed by atoms with van der Waals surface area (Å²) < 4.78 is 0. The number of carboxylic acid groups (broad SMARTS) is 1. The number of hydrogen-bond acceptors (Lipinski definition) is 2. The molecule has 2 fully saturated rings. The average molecular weight is 273 g/mol. The number of carbonyl (C=O) groups is 2. The van der Waals surface area contributed by atoms with Crippen LogP contribution in [0.15, 0.2) is 24.3 Å². The molecule has 1 aromatic carbocycles. The van der Waals surface area contributed by atoms with E-state index in [-0.39, 0.29) is 11.5 Å². The number of rotatable bonds is 4. The molecule has 0 radical (unpaired) electrons. The SMILES string of the molecule is O=C(O)c1ccc(CCC(=O)N2C[C@H]3CC[C@H]2C3)cc1. The largest absolute Gasteiger partial charge is 0.478 e. The topological polar surface area (TPSA) is 57.6 Å². The number of carbonyl (C=O) groups excluding carboxylic acids is 1. The predicted octanol–water partition coefficient (Wildman–Crippen LogP) is 2.33. The Labute approximate surface area is 118 Å². The Bertz CT molecular complexity index is 523. The third kappa shape index (κ3) is 2.55. The highest BCUT2D eigenvalue weighted by atomic mass is 16.4. The quantitative estimate of drug-likeness (QED) is 0.916. The molecule has 1 aromatic rings. The number of aromatic carboxylic acids is 1. The third-order valence-corrected chi connectivity index (χ3v) is 4.56. The van der Waals surface area contributed by atoms with Gasteiger partial charge in [0, 0.05) is 19.0 Å². The van der Waals surface area contributed by atoms with Crippen LogP contribution in [0.2, 0.25) is 0 Å². The molecule has 2 atom stereocenters. The fourth-order valence-electron chi connectivity index (χ4n) is 3.44. The highest BCUT2D eigenvalue weighted by Crippen LogP contribution is 2.37. The Morgan fingerprint density at radius 1 is 1.20 bits per heavy atom. The van der Waals surface area contributed by atoms with Crippen LogP contribution in [0, 0.1) is 5.92 Å². The van der Waals surface area contributed by atoms with Crippen LogP contribution in [0.5, 0.6) is 0 Å². The van der Waals surface area contributed by atoms with Crippen molar-refractivity contribution < 1.29 is 14.7 Å². The summed E-state index contributed by atoms with van der Waals surface area (Å²) >= 11 is 0. The smallest absolute Gasteiger partial charge is 0.335 e. The van der Waals surface area contributed by atoms with Crippen molar-refractivity contribution in [3.8, 4) is 0 Å². The molecule has 20 heavy (non-hydrogen) atoms. The second-order valence-corrected chi connectivity index (χ2v) is 5.88. The van der Waals surface area contributed by atoms with Crippen molar-refractivity contribution >= 4 is 11.9 Å². The molecule has 0 unspecified atom stereocenters. The van der Waals surface area contributed by atoms with Gasteiger partial charge in [-0.3, -0.25) is 4.79 Å². The number of fused-ring (bicyclic) bond motifs is 2. The molecule has 4 nitrogen and oxygen atoms in total. The van der Waals surface area contributed by atoms with Crippen molar-refractivity contribution in [3.63, 3.8) is 0 Å². The van der Waals surface area contributed by atoms with E-state index in [4.69, 9.17) is 5.11 Å². The van der Waals surface area contributed by atoms with E-state index >= 15 is 0 Å². The Hall–Kier alpha value is -1.84. The molecule has 3 rings (SSSR count). The van der Waals surface area contributed by atoms with Crippen LogP contribution in [-0.4, -0.2) is 34.5 Å². The van der Waals surface area contributed by atoms with Crippen LogP contribution >= 0.6 is 0 Å². The highest BCUT2D eigenvalue weighted by Gasteiger charge is 2.39. The fourth-order valence-corrected chi connectivity index (χ4v) is 3.44. The molecule has 2 aliphatic rings. The van der Waals surface area contributed by atoms with Crippen molar-refractivity contribution in [2.75, 3.05) is 6.54 Å². The van der Waals surface area contributed by atoms with Gasteiger partial charge in [-0.2, -0.15) is 0 Å². The molecular weight excluding hydrogens is 254 g/mol. The van der Waals surface area contributed by atoms with E-state index in [1.807, 2.05) is 0 Å². The van der Waals surface area contributed by atoms with Gasteiger partial charge in [-0.05, 0) is 49.3 Å². The lowest BCUT2D eigenvalue weighted by molar-refractivity contribution is -0.132. The molecule has 1 saturated carbocycles. The lowest BCUT2D eigenvalue weighted by atomic mass is 10.1. The van der Waals surface area contributed by atoms with Gasteiger partial charge in [-0.1, -0.05) is 12.1 Å². The van der Waals surface area contributed by atoms with Crippen molar-refractivity contribution in [1.29, 1.82) is 0 Å². The van der Waals surface area contributed by atoms with E-state index < -0.39 is 5.97 Å². The first-order chi connectivity index (χ1) is 9.63. The molecule has 1 heterocycles. The minimum absolute atomic E-state index is 0.250. The summed E-state index contributed by atoms with van der Waals surface area (Å²) in [5.41, 5.74) is 1.31. The average Bonchev–Trinajstić information content (AvgIpc) is 3.08. The molecular formula is C16H19NO3. The molecule has 1 saturated heterocycles. The zero-order valence-electron chi connectivity index (χ0n) is 11.4. The Balaban J connectivity index is 1.54. The number of benzene rings is 1. The predicted molar refractivity (Wildman–Crippen MR) is 74.6 cm³/mol. The van der Waals surface area contributed by atoms with Crippen LogP contribution in [0.3, 0.4) is 0 Å². The number of piperidine rings is 1. The molecule has 2 bridgehead atoms. The summed E-state index contributed by atoms with van der Waals surface area (Å²) in [6.07, 6.45) is 4.86. The highest BCUT2D eigenvalue weighted by molar-refractivity contribution is 5.87. The first-order valence-corrected chi connectivity index (χ1v) is 7.25. The summed E-state index contributed by atoms with van der Waals surface area (Å²) in [6.45, 7) is 0.946. The zero-order valence-corrected chi connectivity index (χ0v) is 11.4. The number of amides is 1. The summed E-state index contributed by atoms with van der Waals surface area (Å²) in [7, 11) is 0. The van der Waals surface area contributed by atoms with Gasteiger partial charge in [-0.15, -0.1) is 0 Å². The van der Waals surface area contributed by atoms with Crippen LogP contribution in [-0.2, 0) is 11.2 Å². The molecule has 1 N–H and O–H groups in total. The van der Waals surface area contributed by atoms with Crippen molar-refractivity contribution in [2.24, 2.45) is 5.92 Å². The maximum atomic E-state index is 12.2. The van der Waals surface area contributed by atoms with E-state index in [0.717, 1.165) is 18.0 Å². The van der Waals surface area contributed by atoms with E-state index in [1.54, 1.807) is 24.3 Å². The Morgan fingerprint density at radius 2 is 1.95 bits per heavy atom. The molecule has 0 spiro atoms. The minimum atomic E-state index is -0.916. The molecule has 4 heteroatoms. The Kier molecular flexibility index (Phi) is 3.47. The van der Waals surface area contributed by atoms with E-state index in [9.17, 15) is 9.59 Å². The van der Waals surface area contributed by atoms with Gasteiger partial charge in [-0.25, -0.2) is 4.79 Å². The second-order valence-electron chi connectivity index (χ2n) is 5.88. The van der Waals surface area contributed by atoms with E-state index in [1.165, 1.54) is 19.3 Å². The summed E-state index contributed by atoms with van der Waals surface area (Å²) in [6, 6.07) is 7.28. The third-order valence-electron chi connectivity index (χ3n) is 4.56. The van der Waals surface area contributed by atoms with Crippen LogP contribution in [0.25, 0.3) is 0 Å². The fraction of sp³-hybridized carbons (Fsp3) is 0.500. The van der Waals surface area contributed by atoms with Crippen molar-refractivity contribution in [1.82, 2.24) is 4.90 Å². The van der Waals surface area contributed by atoms with Gasteiger partial charge >= 0.3 is 5.97 Å². The Morgan fingerprint density at radius 3 is 2.50 bits per heavy atom. The van der Waals surface area contributed by atoms with Crippen molar-refractivity contribution in [2.45, 2.75) is 38.1 Å². The lowest BCUT2D eigenvalue weighted by Crippen LogP contribution is -2.37. The summed E-state index contributed by atoms with van der Waals surface area (Å²) in [5, 5.41) is 8.84. The minimum Gasteiger partial charge on any atom is -0.478 e. The lowest BCUT2D eigenvalue weighted by Gasteiger charge is -2.27. The van der Waals surface area contributed by atoms with Crippen LogP contribution < -0.4 is 0 Å².